The Labute approximate surface area is 266 Å². The molecule has 41 heavy (non-hydrogen) atoms. The largest absolute Gasteiger partial charge is 1.00 e. The van der Waals surface area contributed by atoms with E-state index in [1.165, 1.54) is 81.9 Å². The highest BCUT2D eigenvalue weighted by atomic mass is 79.9. The molecule has 1 N–H and O–H groups in total. The molecule has 8 heteroatoms. The first-order valence-corrected chi connectivity index (χ1v) is 16.2. The third-order valence-corrected chi connectivity index (χ3v) is 8.15. The number of hydrogen-bond donors (Lipinski definition) is 1. The van der Waals surface area contributed by atoms with Gasteiger partial charge in [-0.25, -0.2) is 0 Å². The number of aromatic nitrogens is 1. The SMILES string of the molecule is CCCCCCCCCCCCCCOc1ccc(OCC(=O)Nc2ccc(C[n+]3cscc3C)cc2)cc1Cl.[Br-]. The fraction of sp³-hybridized carbons (Fsp3) is 0.515. The minimum atomic E-state index is -0.223. The van der Waals surface area contributed by atoms with Gasteiger partial charge in [-0.2, -0.15) is 4.57 Å². The molecule has 5 nitrogen and oxygen atoms in total. The van der Waals surface area contributed by atoms with Gasteiger partial charge >= 0.3 is 0 Å². The van der Waals surface area contributed by atoms with Crippen molar-refractivity contribution in [2.45, 2.75) is 97.4 Å². The Kier molecular flexibility index (Phi) is 17.8. The molecule has 3 aromatic rings. The van der Waals surface area contributed by atoms with Crippen molar-refractivity contribution in [1.82, 2.24) is 0 Å². The molecule has 1 amide bonds. The van der Waals surface area contributed by atoms with Crippen LogP contribution in [0.25, 0.3) is 0 Å². The van der Waals surface area contributed by atoms with Crippen LogP contribution in [-0.4, -0.2) is 19.1 Å². The Balaban J connectivity index is 0.00000588. The molecular formula is C33H46BrClN2O3S. The minimum Gasteiger partial charge on any atom is -1.00 e. The number of nitrogens with one attached hydrogen (secondary N) is 1. The van der Waals surface area contributed by atoms with Crippen LogP contribution in [0.4, 0.5) is 5.69 Å². The first-order chi connectivity index (χ1) is 19.5. The molecule has 0 saturated carbocycles. The molecule has 1 heterocycles. The van der Waals surface area contributed by atoms with E-state index in [1.807, 2.05) is 30.3 Å². The van der Waals surface area contributed by atoms with E-state index in [4.69, 9.17) is 21.1 Å². The first kappa shape index (κ1) is 35.1. The van der Waals surface area contributed by atoms with Crippen LogP contribution in [0.5, 0.6) is 11.5 Å². The van der Waals surface area contributed by atoms with Crippen LogP contribution in [0.2, 0.25) is 5.02 Å². The number of benzene rings is 2. The van der Waals surface area contributed by atoms with Gasteiger partial charge in [-0.15, -0.1) is 0 Å². The summed E-state index contributed by atoms with van der Waals surface area (Å²) in [6.45, 7) is 5.74. The molecule has 0 aliphatic heterocycles. The number of carbonyl (C=O) groups is 1. The van der Waals surface area contributed by atoms with E-state index in [2.05, 4.69) is 34.6 Å². The second-order valence-electron chi connectivity index (χ2n) is 10.5. The average molecular weight is 666 g/mol. The number of ether oxygens (including phenoxy) is 2. The fourth-order valence-corrected chi connectivity index (χ4v) is 5.57. The van der Waals surface area contributed by atoms with Gasteiger partial charge in [-0.05, 0) is 30.7 Å². The highest BCUT2D eigenvalue weighted by molar-refractivity contribution is 7.07. The quantitative estimate of drug-likeness (QED) is 0.116. The van der Waals surface area contributed by atoms with Crippen molar-refractivity contribution in [2.24, 2.45) is 0 Å². The lowest BCUT2D eigenvalue weighted by Gasteiger charge is -2.11. The third kappa shape index (κ3) is 14.1. The van der Waals surface area contributed by atoms with E-state index >= 15 is 0 Å². The van der Waals surface area contributed by atoms with Crippen LogP contribution in [0, 0.1) is 6.92 Å². The zero-order chi connectivity index (χ0) is 28.4. The van der Waals surface area contributed by atoms with Gasteiger partial charge in [0.1, 0.15) is 11.5 Å². The second-order valence-corrected chi connectivity index (χ2v) is 11.6. The van der Waals surface area contributed by atoms with Gasteiger partial charge in [-0.3, -0.25) is 4.79 Å². The van der Waals surface area contributed by atoms with Gasteiger partial charge in [-0.1, -0.05) is 113 Å². The topological polar surface area (TPSA) is 51.4 Å². The van der Waals surface area contributed by atoms with E-state index < -0.39 is 0 Å². The Bertz CT molecular complexity index is 1140. The number of amides is 1. The summed E-state index contributed by atoms with van der Waals surface area (Å²) in [5.74, 6) is 0.966. The molecule has 0 bridgehead atoms. The molecule has 2 aromatic carbocycles. The van der Waals surface area contributed by atoms with Crippen molar-refractivity contribution in [3.05, 3.63) is 69.6 Å². The molecule has 0 atom stereocenters. The normalized spacial score (nSPS) is 10.7. The molecule has 0 aliphatic rings. The number of thiazole rings is 1. The number of nitrogens with zero attached hydrogens (tertiary/aromatic N) is 1. The molecule has 3 rings (SSSR count). The summed E-state index contributed by atoms with van der Waals surface area (Å²) >= 11 is 8.08. The summed E-state index contributed by atoms with van der Waals surface area (Å²) in [6.07, 6.45) is 15.8. The molecule has 1 aromatic heterocycles. The van der Waals surface area contributed by atoms with Crippen molar-refractivity contribution >= 4 is 34.5 Å². The smallest absolute Gasteiger partial charge is 0.262 e. The van der Waals surface area contributed by atoms with Crippen molar-refractivity contribution in [3.8, 4) is 11.5 Å². The van der Waals surface area contributed by atoms with Crippen LogP contribution in [0.1, 0.15) is 95.2 Å². The zero-order valence-electron chi connectivity index (χ0n) is 24.6. The predicted octanol–water partition coefficient (Wildman–Crippen LogP) is 6.15. The highest BCUT2D eigenvalue weighted by Gasteiger charge is 2.10. The van der Waals surface area contributed by atoms with Gasteiger partial charge < -0.3 is 31.8 Å². The fourth-order valence-electron chi connectivity index (χ4n) is 4.56. The van der Waals surface area contributed by atoms with E-state index in [0.717, 1.165) is 18.7 Å². The molecule has 0 saturated heterocycles. The maximum atomic E-state index is 12.4. The van der Waals surface area contributed by atoms with Gasteiger partial charge in [0.15, 0.2) is 18.8 Å². The number of carbonyl (C=O) groups excluding carboxylic acids is 1. The Morgan fingerprint density at radius 1 is 0.878 bits per heavy atom. The number of anilines is 1. The second kappa shape index (κ2) is 20.7. The molecule has 0 spiro atoms. The van der Waals surface area contributed by atoms with Crippen LogP contribution in [0.3, 0.4) is 0 Å². The van der Waals surface area contributed by atoms with Crippen LogP contribution in [0.15, 0.2) is 53.4 Å². The Hall–Kier alpha value is -2.09. The van der Waals surface area contributed by atoms with Crippen molar-refractivity contribution < 1.29 is 35.8 Å². The average Bonchev–Trinajstić information content (AvgIpc) is 3.36. The highest BCUT2D eigenvalue weighted by Crippen LogP contribution is 2.29. The van der Waals surface area contributed by atoms with Crippen molar-refractivity contribution in [2.75, 3.05) is 18.5 Å². The Morgan fingerprint density at radius 3 is 2.10 bits per heavy atom. The van der Waals surface area contributed by atoms with E-state index in [-0.39, 0.29) is 29.5 Å². The van der Waals surface area contributed by atoms with Gasteiger partial charge in [0.2, 0.25) is 5.51 Å². The summed E-state index contributed by atoms with van der Waals surface area (Å²) in [7, 11) is 0. The third-order valence-electron chi connectivity index (χ3n) is 7.00. The maximum Gasteiger partial charge on any atom is 0.262 e. The predicted molar refractivity (Wildman–Crippen MR) is 167 cm³/mol. The number of aryl methyl sites for hydroxylation is 1. The molecule has 0 fully saturated rings. The number of halogens is 2. The van der Waals surface area contributed by atoms with Gasteiger partial charge in [0, 0.05) is 24.2 Å². The molecule has 0 unspecified atom stereocenters. The minimum absolute atomic E-state index is 0. The van der Waals surface area contributed by atoms with E-state index in [9.17, 15) is 4.79 Å². The van der Waals surface area contributed by atoms with Crippen LogP contribution >= 0.6 is 22.9 Å². The first-order valence-electron chi connectivity index (χ1n) is 14.9. The van der Waals surface area contributed by atoms with Crippen LogP contribution < -0.4 is 36.3 Å². The van der Waals surface area contributed by atoms with Gasteiger partial charge in [0.05, 0.1) is 17.0 Å². The molecule has 0 radical (unpaired) electrons. The lowest BCUT2D eigenvalue weighted by molar-refractivity contribution is -0.689. The summed E-state index contributed by atoms with van der Waals surface area (Å²) in [5.41, 5.74) is 5.26. The number of hydrogen-bond acceptors (Lipinski definition) is 4. The van der Waals surface area contributed by atoms with E-state index in [1.54, 1.807) is 23.5 Å². The summed E-state index contributed by atoms with van der Waals surface area (Å²) in [4.78, 5) is 12.4. The molecule has 226 valence electrons. The lowest BCUT2D eigenvalue weighted by atomic mass is 10.1. The molecule has 0 aliphatic carbocycles. The lowest BCUT2D eigenvalue weighted by Crippen LogP contribution is -3.00. The summed E-state index contributed by atoms with van der Waals surface area (Å²) in [5, 5.41) is 5.50. The summed E-state index contributed by atoms with van der Waals surface area (Å²) < 4.78 is 13.7. The standard InChI is InChI=1S/C33H45ClN2O3S.BrH/c1-3-4-5-6-7-8-9-10-11-12-13-14-21-38-32-20-19-30(22-31(32)34)39-24-33(37)35-29-17-15-28(16-18-29)23-36-26-40-25-27(36)2;/h15-20,22,25-26H,3-14,21,23-24H2,1-2H3;1H. The van der Waals surface area contributed by atoms with E-state index in [0.29, 0.717) is 23.1 Å². The van der Waals surface area contributed by atoms with Crippen molar-refractivity contribution in [1.29, 1.82) is 0 Å². The monoisotopic (exact) mass is 664 g/mol. The maximum absolute atomic E-state index is 12.4. The Morgan fingerprint density at radius 2 is 1.51 bits per heavy atom. The van der Waals surface area contributed by atoms with Crippen LogP contribution in [-0.2, 0) is 11.3 Å². The number of unbranched alkanes of at least 4 members (excludes halogenated alkanes) is 11. The summed E-state index contributed by atoms with van der Waals surface area (Å²) in [6, 6.07) is 13.2. The molecular weight excluding hydrogens is 620 g/mol. The van der Waals surface area contributed by atoms with Gasteiger partial charge in [0.25, 0.3) is 5.91 Å². The zero-order valence-corrected chi connectivity index (χ0v) is 27.8. The van der Waals surface area contributed by atoms with Crippen molar-refractivity contribution in [3.63, 3.8) is 0 Å². The number of rotatable bonds is 20.